The van der Waals surface area contributed by atoms with Gasteiger partial charge in [0.05, 0.1) is 6.54 Å². The first-order valence-electron chi connectivity index (χ1n) is 5.81. The third kappa shape index (κ3) is 3.65. The standard InChI is InChI=1S/C13H24N2O/c1-10-6-7-12(16-10)8-15(5)9-13(3,4)11(2)14/h6-7,11H,8-9,14H2,1-5H3. The topological polar surface area (TPSA) is 42.4 Å². The van der Waals surface area contributed by atoms with Crippen LogP contribution in [0.5, 0.6) is 0 Å². The van der Waals surface area contributed by atoms with E-state index in [9.17, 15) is 0 Å². The van der Waals surface area contributed by atoms with Crippen molar-refractivity contribution < 1.29 is 4.42 Å². The molecule has 0 bridgehead atoms. The molecule has 0 saturated heterocycles. The summed E-state index contributed by atoms with van der Waals surface area (Å²) in [5, 5.41) is 0. The van der Waals surface area contributed by atoms with Gasteiger partial charge in [0.1, 0.15) is 11.5 Å². The molecule has 0 aliphatic rings. The fourth-order valence-electron chi connectivity index (χ4n) is 1.73. The van der Waals surface area contributed by atoms with Gasteiger partial charge in [-0.2, -0.15) is 0 Å². The molecule has 1 aromatic rings. The molecule has 16 heavy (non-hydrogen) atoms. The first kappa shape index (κ1) is 13.3. The average Bonchev–Trinajstić information content (AvgIpc) is 2.49. The number of nitrogens with zero attached hydrogens (tertiary/aromatic N) is 1. The van der Waals surface area contributed by atoms with Crippen LogP contribution in [0.25, 0.3) is 0 Å². The zero-order chi connectivity index (χ0) is 12.3. The van der Waals surface area contributed by atoms with E-state index in [2.05, 4.69) is 32.7 Å². The van der Waals surface area contributed by atoms with Crippen LogP contribution in [0.4, 0.5) is 0 Å². The third-order valence-corrected chi connectivity index (χ3v) is 3.13. The quantitative estimate of drug-likeness (QED) is 0.835. The monoisotopic (exact) mass is 224 g/mol. The van der Waals surface area contributed by atoms with Crippen molar-refractivity contribution in [1.82, 2.24) is 4.90 Å². The van der Waals surface area contributed by atoms with E-state index in [0.717, 1.165) is 24.6 Å². The molecule has 3 heteroatoms. The molecule has 3 nitrogen and oxygen atoms in total. The zero-order valence-corrected chi connectivity index (χ0v) is 11.1. The van der Waals surface area contributed by atoms with E-state index in [1.807, 2.05) is 19.1 Å². The maximum Gasteiger partial charge on any atom is 0.118 e. The molecule has 92 valence electrons. The molecule has 1 unspecified atom stereocenters. The van der Waals surface area contributed by atoms with Crippen LogP contribution in [0.15, 0.2) is 16.5 Å². The Kier molecular flexibility index (Phi) is 4.16. The lowest BCUT2D eigenvalue weighted by molar-refractivity contribution is 0.169. The van der Waals surface area contributed by atoms with Gasteiger partial charge in [-0.15, -0.1) is 0 Å². The summed E-state index contributed by atoms with van der Waals surface area (Å²) >= 11 is 0. The highest BCUT2D eigenvalue weighted by Gasteiger charge is 2.24. The summed E-state index contributed by atoms with van der Waals surface area (Å²) in [4.78, 5) is 2.25. The Morgan fingerprint density at radius 1 is 1.44 bits per heavy atom. The predicted molar refractivity (Wildman–Crippen MR) is 67.2 cm³/mol. The van der Waals surface area contributed by atoms with Crippen molar-refractivity contribution in [3.63, 3.8) is 0 Å². The van der Waals surface area contributed by atoms with Crippen molar-refractivity contribution in [2.75, 3.05) is 13.6 Å². The molecular formula is C13H24N2O. The Labute approximate surface area is 98.6 Å². The fourth-order valence-corrected chi connectivity index (χ4v) is 1.73. The van der Waals surface area contributed by atoms with Crippen LogP contribution in [0.2, 0.25) is 0 Å². The van der Waals surface area contributed by atoms with E-state index in [0.29, 0.717) is 0 Å². The average molecular weight is 224 g/mol. The van der Waals surface area contributed by atoms with Crippen molar-refractivity contribution >= 4 is 0 Å². The molecule has 0 aliphatic heterocycles. The second kappa shape index (κ2) is 5.02. The normalized spacial score (nSPS) is 14.4. The van der Waals surface area contributed by atoms with Gasteiger partial charge in [0.2, 0.25) is 0 Å². The second-order valence-electron chi connectivity index (χ2n) is 5.46. The van der Waals surface area contributed by atoms with Crippen LogP contribution in [-0.4, -0.2) is 24.5 Å². The van der Waals surface area contributed by atoms with E-state index >= 15 is 0 Å². The van der Waals surface area contributed by atoms with Crippen LogP contribution in [0, 0.1) is 12.3 Å². The number of hydrogen-bond donors (Lipinski definition) is 1. The summed E-state index contributed by atoms with van der Waals surface area (Å²) in [5.41, 5.74) is 6.09. The largest absolute Gasteiger partial charge is 0.465 e. The fraction of sp³-hybridized carbons (Fsp3) is 0.692. The summed E-state index contributed by atoms with van der Waals surface area (Å²) in [5.74, 6) is 1.98. The highest BCUT2D eigenvalue weighted by atomic mass is 16.3. The minimum Gasteiger partial charge on any atom is -0.465 e. The molecule has 0 aliphatic carbocycles. The molecule has 0 fully saturated rings. The van der Waals surface area contributed by atoms with Crippen LogP contribution in [-0.2, 0) is 6.54 Å². The predicted octanol–water partition coefficient (Wildman–Crippen LogP) is 2.39. The van der Waals surface area contributed by atoms with Gasteiger partial charge < -0.3 is 10.2 Å². The Morgan fingerprint density at radius 2 is 2.06 bits per heavy atom. The van der Waals surface area contributed by atoms with E-state index in [-0.39, 0.29) is 11.5 Å². The Bertz CT molecular complexity index is 328. The van der Waals surface area contributed by atoms with Crippen molar-refractivity contribution in [3.05, 3.63) is 23.7 Å². The van der Waals surface area contributed by atoms with Crippen molar-refractivity contribution in [3.8, 4) is 0 Å². The van der Waals surface area contributed by atoms with Gasteiger partial charge in [-0.25, -0.2) is 0 Å². The lowest BCUT2D eigenvalue weighted by Crippen LogP contribution is -2.42. The Balaban J connectivity index is 2.50. The Morgan fingerprint density at radius 3 is 2.50 bits per heavy atom. The summed E-state index contributed by atoms with van der Waals surface area (Å²) in [6.07, 6.45) is 0. The summed E-state index contributed by atoms with van der Waals surface area (Å²) in [7, 11) is 2.10. The van der Waals surface area contributed by atoms with E-state index in [1.54, 1.807) is 0 Å². The molecule has 0 radical (unpaired) electrons. The molecule has 0 spiro atoms. The van der Waals surface area contributed by atoms with Crippen LogP contribution in [0.1, 0.15) is 32.3 Å². The number of hydrogen-bond acceptors (Lipinski definition) is 3. The van der Waals surface area contributed by atoms with Crippen molar-refractivity contribution in [2.45, 2.75) is 40.3 Å². The molecule has 1 heterocycles. The molecule has 0 amide bonds. The second-order valence-corrected chi connectivity index (χ2v) is 5.46. The maximum atomic E-state index is 5.97. The summed E-state index contributed by atoms with van der Waals surface area (Å²) in [6.45, 7) is 10.2. The number of nitrogens with two attached hydrogens (primary N) is 1. The van der Waals surface area contributed by atoms with Gasteiger partial charge in [-0.3, -0.25) is 4.90 Å². The lowest BCUT2D eigenvalue weighted by atomic mass is 9.85. The van der Waals surface area contributed by atoms with Gasteiger partial charge >= 0.3 is 0 Å². The molecule has 0 saturated carbocycles. The minimum absolute atomic E-state index is 0.121. The zero-order valence-electron chi connectivity index (χ0n) is 11.1. The van der Waals surface area contributed by atoms with Gasteiger partial charge in [0, 0.05) is 12.6 Å². The summed E-state index contributed by atoms with van der Waals surface area (Å²) in [6, 6.07) is 4.22. The summed E-state index contributed by atoms with van der Waals surface area (Å²) < 4.78 is 5.56. The van der Waals surface area contributed by atoms with Crippen LogP contribution >= 0.6 is 0 Å². The first-order chi connectivity index (χ1) is 7.31. The van der Waals surface area contributed by atoms with E-state index < -0.39 is 0 Å². The third-order valence-electron chi connectivity index (χ3n) is 3.13. The first-order valence-corrected chi connectivity index (χ1v) is 5.81. The van der Waals surface area contributed by atoms with Crippen LogP contribution in [0.3, 0.4) is 0 Å². The van der Waals surface area contributed by atoms with E-state index in [4.69, 9.17) is 10.2 Å². The van der Waals surface area contributed by atoms with Crippen molar-refractivity contribution in [2.24, 2.45) is 11.1 Å². The highest BCUT2D eigenvalue weighted by Crippen LogP contribution is 2.21. The molecule has 1 rings (SSSR count). The lowest BCUT2D eigenvalue weighted by Gasteiger charge is -2.33. The van der Waals surface area contributed by atoms with Crippen LogP contribution < -0.4 is 5.73 Å². The molecule has 2 N–H and O–H groups in total. The smallest absolute Gasteiger partial charge is 0.118 e. The number of furan rings is 1. The maximum absolute atomic E-state index is 5.97. The number of aryl methyl sites for hydroxylation is 1. The highest BCUT2D eigenvalue weighted by molar-refractivity contribution is 5.05. The van der Waals surface area contributed by atoms with Crippen molar-refractivity contribution in [1.29, 1.82) is 0 Å². The molecular weight excluding hydrogens is 200 g/mol. The van der Waals surface area contributed by atoms with E-state index in [1.165, 1.54) is 0 Å². The minimum atomic E-state index is 0.121. The van der Waals surface area contributed by atoms with Gasteiger partial charge in [0.15, 0.2) is 0 Å². The number of rotatable bonds is 5. The molecule has 0 aromatic carbocycles. The Hall–Kier alpha value is -0.800. The van der Waals surface area contributed by atoms with Gasteiger partial charge in [0.25, 0.3) is 0 Å². The van der Waals surface area contributed by atoms with Gasteiger partial charge in [-0.05, 0) is 38.4 Å². The van der Waals surface area contributed by atoms with Gasteiger partial charge in [-0.1, -0.05) is 13.8 Å². The molecule has 1 atom stereocenters. The SMILES string of the molecule is Cc1ccc(CN(C)CC(C)(C)C(C)N)o1. The molecule has 1 aromatic heterocycles.